The average molecular weight is 438 g/mol. The molecule has 1 saturated heterocycles. The minimum atomic E-state index is -0.524. The van der Waals surface area contributed by atoms with Crippen LogP contribution >= 0.6 is 0 Å². The zero-order valence-electron chi connectivity index (χ0n) is 18.4. The first-order valence-corrected chi connectivity index (χ1v) is 10.8. The highest BCUT2D eigenvalue weighted by Gasteiger charge is 2.19. The number of hydrogen-bond acceptors (Lipinski definition) is 4. The van der Waals surface area contributed by atoms with Gasteiger partial charge in [0.2, 0.25) is 0 Å². The molecule has 0 radical (unpaired) electrons. The van der Waals surface area contributed by atoms with Gasteiger partial charge in [0.25, 0.3) is 0 Å². The van der Waals surface area contributed by atoms with Gasteiger partial charge in [0.1, 0.15) is 5.82 Å². The van der Waals surface area contributed by atoms with Crippen LogP contribution in [0.3, 0.4) is 0 Å². The summed E-state index contributed by atoms with van der Waals surface area (Å²) in [4.78, 5) is 14.8. The Morgan fingerprint density at radius 1 is 1.03 bits per heavy atom. The molecule has 0 spiro atoms. The Morgan fingerprint density at radius 2 is 1.75 bits per heavy atom. The Kier molecular flexibility index (Phi) is 6.75. The second-order valence-corrected chi connectivity index (χ2v) is 8.15. The molecule has 3 aromatic carbocycles. The zero-order valence-corrected chi connectivity index (χ0v) is 18.4. The maximum absolute atomic E-state index is 13.8. The van der Waals surface area contributed by atoms with Gasteiger partial charge in [0.05, 0.1) is 25.1 Å². The standard InChI is InChI=1S/C25H28FN3O3/c1-29-12-10-17(11-13-29)16-32-24-14-18-6-5-9-21(19(18)15-23(24)31-2)27-25(30)28-22-8-4-3-7-20(22)26/h3-9,14-15,17H,10-13,16H2,1-2H3,(H2,27,28,30). The number of carbonyl (C=O) groups is 1. The van der Waals surface area contributed by atoms with Crippen molar-refractivity contribution in [3.63, 3.8) is 0 Å². The van der Waals surface area contributed by atoms with Crippen LogP contribution in [-0.4, -0.2) is 44.8 Å². The highest BCUT2D eigenvalue weighted by Crippen LogP contribution is 2.36. The second-order valence-electron chi connectivity index (χ2n) is 8.15. The van der Waals surface area contributed by atoms with Crippen LogP contribution in [0.2, 0.25) is 0 Å². The van der Waals surface area contributed by atoms with Gasteiger partial charge >= 0.3 is 6.03 Å². The van der Waals surface area contributed by atoms with Gasteiger partial charge in [-0.25, -0.2) is 9.18 Å². The molecule has 168 valence electrons. The number of nitrogens with one attached hydrogen (secondary N) is 2. The van der Waals surface area contributed by atoms with Crippen LogP contribution < -0.4 is 20.1 Å². The van der Waals surface area contributed by atoms with Crippen molar-refractivity contribution in [3.05, 3.63) is 60.4 Å². The number of ether oxygens (including phenoxy) is 2. The number of benzene rings is 3. The van der Waals surface area contributed by atoms with Gasteiger partial charge in [-0.05, 0) is 74.6 Å². The summed E-state index contributed by atoms with van der Waals surface area (Å²) in [5.74, 6) is 1.33. The van der Waals surface area contributed by atoms with Gasteiger partial charge in [-0.15, -0.1) is 0 Å². The van der Waals surface area contributed by atoms with Crippen molar-refractivity contribution < 1.29 is 18.7 Å². The maximum Gasteiger partial charge on any atom is 0.323 e. The van der Waals surface area contributed by atoms with Crippen LogP contribution in [0.15, 0.2) is 54.6 Å². The molecule has 3 aromatic rings. The molecule has 0 unspecified atom stereocenters. The molecule has 32 heavy (non-hydrogen) atoms. The van der Waals surface area contributed by atoms with E-state index in [1.807, 2.05) is 24.3 Å². The van der Waals surface area contributed by atoms with Gasteiger partial charge < -0.3 is 25.0 Å². The molecular formula is C25H28FN3O3. The molecule has 6 nitrogen and oxygen atoms in total. The lowest BCUT2D eigenvalue weighted by atomic mass is 9.98. The fourth-order valence-electron chi connectivity index (χ4n) is 3.94. The molecule has 2 amide bonds. The first-order valence-electron chi connectivity index (χ1n) is 10.8. The van der Waals surface area contributed by atoms with E-state index in [1.54, 1.807) is 25.3 Å². The predicted molar refractivity (Wildman–Crippen MR) is 125 cm³/mol. The lowest BCUT2D eigenvalue weighted by Crippen LogP contribution is -2.32. The summed E-state index contributed by atoms with van der Waals surface area (Å²) in [5, 5.41) is 7.06. The smallest absolute Gasteiger partial charge is 0.323 e. The fourth-order valence-corrected chi connectivity index (χ4v) is 3.94. The SMILES string of the molecule is COc1cc2c(NC(=O)Nc3ccccc3F)cccc2cc1OCC1CCN(C)CC1. The number of piperidine rings is 1. The van der Waals surface area contributed by atoms with Crippen molar-refractivity contribution in [2.75, 3.05) is 44.5 Å². The Balaban J connectivity index is 1.51. The summed E-state index contributed by atoms with van der Waals surface area (Å²) in [7, 11) is 3.75. The number of nitrogens with zero attached hydrogens (tertiary/aromatic N) is 1. The third-order valence-electron chi connectivity index (χ3n) is 5.85. The van der Waals surface area contributed by atoms with E-state index in [4.69, 9.17) is 9.47 Å². The van der Waals surface area contributed by atoms with Crippen molar-refractivity contribution in [2.24, 2.45) is 5.92 Å². The number of fused-ring (bicyclic) bond motifs is 1. The van der Waals surface area contributed by atoms with Gasteiger partial charge in [-0.2, -0.15) is 0 Å². The number of urea groups is 1. The number of rotatable bonds is 6. The maximum atomic E-state index is 13.8. The van der Waals surface area contributed by atoms with Gasteiger partial charge in [0.15, 0.2) is 11.5 Å². The van der Waals surface area contributed by atoms with E-state index in [1.165, 1.54) is 12.1 Å². The summed E-state index contributed by atoms with van der Waals surface area (Å²) >= 11 is 0. The van der Waals surface area contributed by atoms with E-state index < -0.39 is 11.8 Å². The van der Waals surface area contributed by atoms with Gasteiger partial charge in [-0.3, -0.25) is 0 Å². The van der Waals surface area contributed by atoms with Crippen LogP contribution in [0.5, 0.6) is 11.5 Å². The summed E-state index contributed by atoms with van der Waals surface area (Å²) in [6.07, 6.45) is 2.25. The first kappa shape index (κ1) is 21.9. The van der Waals surface area contributed by atoms with Crippen LogP contribution in [0.4, 0.5) is 20.6 Å². The van der Waals surface area contributed by atoms with Crippen molar-refractivity contribution in [2.45, 2.75) is 12.8 Å². The molecule has 0 saturated carbocycles. The Hall–Kier alpha value is -3.32. The molecule has 0 aromatic heterocycles. The zero-order chi connectivity index (χ0) is 22.5. The first-order chi connectivity index (χ1) is 15.5. The number of hydrogen-bond donors (Lipinski definition) is 2. The van der Waals surface area contributed by atoms with Crippen LogP contribution in [-0.2, 0) is 0 Å². The van der Waals surface area contributed by atoms with Crippen LogP contribution in [0, 0.1) is 11.7 Å². The molecule has 1 heterocycles. The van der Waals surface area contributed by atoms with E-state index in [9.17, 15) is 9.18 Å². The molecular weight excluding hydrogens is 409 g/mol. The predicted octanol–water partition coefficient (Wildman–Crippen LogP) is 5.35. The average Bonchev–Trinajstić information content (AvgIpc) is 2.80. The molecule has 4 rings (SSSR count). The molecule has 1 aliphatic rings. The van der Waals surface area contributed by atoms with E-state index in [-0.39, 0.29) is 5.69 Å². The third kappa shape index (κ3) is 5.11. The highest BCUT2D eigenvalue weighted by atomic mass is 19.1. The van der Waals surface area contributed by atoms with E-state index in [0.29, 0.717) is 29.7 Å². The fraction of sp³-hybridized carbons (Fsp3) is 0.320. The third-order valence-corrected chi connectivity index (χ3v) is 5.85. The number of likely N-dealkylation sites (tertiary alicyclic amines) is 1. The van der Waals surface area contributed by atoms with Gasteiger partial charge in [0, 0.05) is 5.39 Å². The lowest BCUT2D eigenvalue weighted by Gasteiger charge is -2.29. The van der Waals surface area contributed by atoms with Gasteiger partial charge in [-0.1, -0.05) is 24.3 Å². The molecule has 1 aliphatic heterocycles. The van der Waals surface area contributed by atoms with Crippen molar-refractivity contribution in [1.82, 2.24) is 4.90 Å². The van der Waals surface area contributed by atoms with E-state index in [2.05, 4.69) is 22.6 Å². The van der Waals surface area contributed by atoms with E-state index in [0.717, 1.165) is 36.7 Å². The molecule has 7 heteroatoms. The minimum Gasteiger partial charge on any atom is -0.493 e. The largest absolute Gasteiger partial charge is 0.493 e. The second kappa shape index (κ2) is 9.87. The summed E-state index contributed by atoms with van der Waals surface area (Å²) in [6.45, 7) is 2.83. The molecule has 1 fully saturated rings. The molecule has 0 aliphatic carbocycles. The number of halogens is 1. The van der Waals surface area contributed by atoms with E-state index >= 15 is 0 Å². The normalized spacial score (nSPS) is 14.8. The van der Waals surface area contributed by atoms with Crippen LogP contribution in [0.1, 0.15) is 12.8 Å². The van der Waals surface area contributed by atoms with Crippen molar-refractivity contribution in [3.8, 4) is 11.5 Å². The highest BCUT2D eigenvalue weighted by molar-refractivity contribution is 6.06. The Morgan fingerprint density at radius 3 is 2.50 bits per heavy atom. The quantitative estimate of drug-likeness (QED) is 0.546. The topological polar surface area (TPSA) is 62.8 Å². The summed E-state index contributed by atoms with van der Waals surface area (Å²) in [6, 6.07) is 14.9. The summed E-state index contributed by atoms with van der Waals surface area (Å²) in [5.41, 5.74) is 0.712. The number of methoxy groups -OCH3 is 1. The number of anilines is 2. The number of carbonyl (C=O) groups excluding carboxylic acids is 1. The number of para-hydroxylation sites is 1. The number of amides is 2. The van der Waals surface area contributed by atoms with Crippen molar-refractivity contribution in [1.29, 1.82) is 0 Å². The molecule has 0 bridgehead atoms. The minimum absolute atomic E-state index is 0.118. The van der Waals surface area contributed by atoms with Crippen LogP contribution in [0.25, 0.3) is 10.8 Å². The Bertz CT molecular complexity index is 1100. The monoisotopic (exact) mass is 437 g/mol. The Labute approximate surface area is 187 Å². The lowest BCUT2D eigenvalue weighted by molar-refractivity contribution is 0.157. The van der Waals surface area contributed by atoms with Crippen molar-refractivity contribution >= 4 is 28.2 Å². The molecule has 2 N–H and O–H groups in total. The molecule has 0 atom stereocenters. The summed E-state index contributed by atoms with van der Waals surface area (Å²) < 4.78 is 25.5.